The van der Waals surface area contributed by atoms with Crippen molar-refractivity contribution in [3.63, 3.8) is 0 Å². The van der Waals surface area contributed by atoms with Crippen molar-refractivity contribution >= 4 is 99.5 Å². The van der Waals surface area contributed by atoms with Crippen LogP contribution in [0.15, 0.2) is 215 Å². The topological polar surface area (TPSA) is 32.8 Å². The van der Waals surface area contributed by atoms with Crippen LogP contribution in [0.5, 0.6) is 0 Å². The average Bonchev–Trinajstić information content (AvgIpc) is 4.06. The first-order valence-corrected chi connectivity index (χ1v) is 28.7. The number of rotatable bonds is 12. The summed E-state index contributed by atoms with van der Waals surface area (Å²) >= 11 is 0. The zero-order chi connectivity index (χ0) is 55.1. The monoisotopic (exact) mass is 1040 g/mol. The van der Waals surface area contributed by atoms with Crippen LogP contribution in [0.3, 0.4) is 0 Å². The van der Waals surface area contributed by atoms with Crippen LogP contribution < -0.4 is 9.80 Å². The fourth-order valence-corrected chi connectivity index (χ4v) is 12.1. The molecule has 80 heavy (non-hydrogen) atoms. The molecule has 0 atom stereocenters. The van der Waals surface area contributed by atoms with Gasteiger partial charge < -0.3 is 18.6 Å². The Bertz CT molecular complexity index is 4230. The molecule has 394 valence electrons. The molecule has 0 unspecified atom stereocenters. The van der Waals surface area contributed by atoms with Crippen molar-refractivity contribution in [1.82, 2.24) is 0 Å². The number of hydrogen-bond acceptors (Lipinski definition) is 4. The standard InChI is InChI=1S/C76H68N2O2/c1-45(2)53-23-17-25-61(35-53)77(67-41-55(47(5)6)29-27-49(67)9)63-33-31-57-39-65-69(43-59(57)37-63)79-75-72(52-21-15-12-16-22-52)74-66-40-58-32-34-64(38-60(58)44-70(66)80-76(74)71(73(65)75)51-19-13-11-14-20-51)78(62-26-18-24-54(36-62)46(3)4)68-42-56(48(7)8)30-28-50(68)10/h11-48H,1-10H3. The molecule has 0 aliphatic carbocycles. The van der Waals surface area contributed by atoms with Crippen LogP contribution in [-0.4, -0.2) is 0 Å². The van der Waals surface area contributed by atoms with Gasteiger partial charge in [-0.2, -0.15) is 0 Å². The molecule has 4 nitrogen and oxygen atoms in total. The third-order valence-corrected chi connectivity index (χ3v) is 16.7. The molecule has 0 saturated heterocycles. The number of aryl methyl sites for hydroxylation is 2. The van der Waals surface area contributed by atoms with Gasteiger partial charge in [0.1, 0.15) is 22.3 Å². The summed E-state index contributed by atoms with van der Waals surface area (Å²) in [6.07, 6.45) is 0. The molecule has 0 N–H and O–H groups in total. The van der Waals surface area contributed by atoms with Crippen molar-refractivity contribution in [3.05, 3.63) is 240 Å². The van der Waals surface area contributed by atoms with Gasteiger partial charge in [-0.25, -0.2) is 0 Å². The Balaban J connectivity index is 1.04. The van der Waals surface area contributed by atoms with Gasteiger partial charge in [0, 0.05) is 66.8 Å². The van der Waals surface area contributed by atoms with Gasteiger partial charge in [0.25, 0.3) is 0 Å². The van der Waals surface area contributed by atoms with Crippen molar-refractivity contribution < 1.29 is 8.83 Å². The molecule has 11 aromatic carbocycles. The second-order valence-electron chi connectivity index (χ2n) is 23.4. The maximum atomic E-state index is 7.42. The molecule has 0 fully saturated rings. The van der Waals surface area contributed by atoms with E-state index < -0.39 is 0 Å². The minimum Gasteiger partial charge on any atom is -0.455 e. The zero-order valence-corrected chi connectivity index (χ0v) is 47.7. The first kappa shape index (κ1) is 50.6. The van der Waals surface area contributed by atoms with Crippen LogP contribution in [0.1, 0.15) is 112 Å². The Labute approximate surface area is 470 Å². The van der Waals surface area contributed by atoms with Crippen LogP contribution in [0.4, 0.5) is 34.1 Å². The molecule has 0 bridgehead atoms. The highest BCUT2D eigenvalue weighted by Gasteiger charge is 2.28. The van der Waals surface area contributed by atoms with Crippen LogP contribution in [0.2, 0.25) is 0 Å². The second kappa shape index (κ2) is 20.1. The fraction of sp³-hybridized carbons (Fsp3) is 0.184. The smallest absolute Gasteiger partial charge is 0.144 e. The van der Waals surface area contributed by atoms with E-state index in [0.29, 0.717) is 23.7 Å². The number of anilines is 6. The van der Waals surface area contributed by atoms with Crippen LogP contribution in [0, 0.1) is 13.8 Å². The molecule has 2 aromatic heterocycles. The Morgan fingerprint density at radius 1 is 0.312 bits per heavy atom. The van der Waals surface area contributed by atoms with Gasteiger partial charge in [-0.3, -0.25) is 0 Å². The molecular weight excluding hydrogens is 973 g/mol. The Kier molecular flexibility index (Phi) is 12.7. The predicted molar refractivity (Wildman–Crippen MR) is 342 cm³/mol. The molecule has 0 aliphatic heterocycles. The van der Waals surface area contributed by atoms with Crippen molar-refractivity contribution in [2.75, 3.05) is 9.80 Å². The van der Waals surface area contributed by atoms with Crippen molar-refractivity contribution in [2.45, 2.75) is 92.9 Å². The quantitative estimate of drug-likeness (QED) is 0.122. The summed E-state index contributed by atoms with van der Waals surface area (Å²) in [7, 11) is 0. The fourth-order valence-electron chi connectivity index (χ4n) is 12.1. The summed E-state index contributed by atoms with van der Waals surface area (Å²) in [5.74, 6) is 1.57. The second-order valence-corrected chi connectivity index (χ2v) is 23.4. The van der Waals surface area contributed by atoms with E-state index in [9.17, 15) is 0 Å². The van der Waals surface area contributed by atoms with Gasteiger partial charge in [0.15, 0.2) is 0 Å². The van der Waals surface area contributed by atoms with E-state index in [1.807, 2.05) is 0 Å². The normalized spacial score (nSPS) is 12.1. The van der Waals surface area contributed by atoms with E-state index >= 15 is 0 Å². The Morgan fingerprint density at radius 3 is 1.07 bits per heavy atom. The lowest BCUT2D eigenvalue weighted by Crippen LogP contribution is -2.12. The lowest BCUT2D eigenvalue weighted by atomic mass is 9.90. The number of furan rings is 2. The minimum absolute atomic E-state index is 0.392. The highest BCUT2D eigenvalue weighted by molar-refractivity contribution is 6.31. The summed E-state index contributed by atoms with van der Waals surface area (Å²) in [4.78, 5) is 4.88. The van der Waals surface area contributed by atoms with Crippen LogP contribution in [-0.2, 0) is 0 Å². The summed E-state index contributed by atoms with van der Waals surface area (Å²) < 4.78 is 14.8. The number of nitrogens with zero attached hydrogens (tertiary/aromatic N) is 2. The number of fused-ring (bicyclic) bond motifs is 8. The van der Waals surface area contributed by atoms with Crippen molar-refractivity contribution in [1.29, 1.82) is 0 Å². The molecule has 13 aromatic rings. The molecule has 0 radical (unpaired) electrons. The van der Waals surface area contributed by atoms with E-state index in [4.69, 9.17) is 8.83 Å². The van der Waals surface area contributed by atoms with Gasteiger partial charge in [-0.1, -0.05) is 177 Å². The Morgan fingerprint density at radius 2 is 0.688 bits per heavy atom. The van der Waals surface area contributed by atoms with Gasteiger partial charge in [-0.15, -0.1) is 0 Å². The first-order valence-electron chi connectivity index (χ1n) is 28.7. The first-order chi connectivity index (χ1) is 38.8. The summed E-state index contributed by atoms with van der Waals surface area (Å²) in [5.41, 5.74) is 22.1. The molecule has 0 spiro atoms. The molecular formula is C76H68N2O2. The molecule has 0 saturated carbocycles. The third kappa shape index (κ3) is 8.79. The van der Waals surface area contributed by atoms with Gasteiger partial charge in [-0.05, 0) is 189 Å². The Hall–Kier alpha value is -8.86. The number of benzene rings is 11. The highest BCUT2D eigenvalue weighted by atomic mass is 16.3. The maximum absolute atomic E-state index is 7.42. The predicted octanol–water partition coefficient (Wildman–Crippen LogP) is 23.2. The SMILES string of the molecule is Cc1ccc(C(C)C)cc1N(c1cccc(C(C)C)c1)c1ccc2cc3c(cc2c1)oc1c(-c2ccccc2)c2c(oc4cc5cc(N(c6cccc(C(C)C)c6)c6cc(C(C)C)ccc6C)ccc5cc42)c(-c2ccccc2)c13. The van der Waals surface area contributed by atoms with E-state index in [-0.39, 0.29) is 0 Å². The average molecular weight is 1040 g/mol. The lowest BCUT2D eigenvalue weighted by molar-refractivity contribution is 0.666. The largest absolute Gasteiger partial charge is 0.455 e. The van der Waals surface area contributed by atoms with E-state index in [1.165, 1.54) is 44.8 Å². The van der Waals surface area contributed by atoms with E-state index in [0.717, 1.165) is 110 Å². The van der Waals surface area contributed by atoms with Crippen molar-refractivity contribution in [3.8, 4) is 22.3 Å². The molecule has 0 aliphatic rings. The van der Waals surface area contributed by atoms with Crippen molar-refractivity contribution in [2.24, 2.45) is 0 Å². The highest BCUT2D eigenvalue weighted by Crippen LogP contribution is 2.52. The van der Waals surface area contributed by atoms with Gasteiger partial charge in [0.2, 0.25) is 0 Å². The van der Waals surface area contributed by atoms with Gasteiger partial charge >= 0.3 is 0 Å². The van der Waals surface area contributed by atoms with E-state index in [2.05, 4.69) is 285 Å². The molecule has 4 heteroatoms. The molecule has 2 heterocycles. The molecule has 13 rings (SSSR count). The summed E-state index contributed by atoms with van der Waals surface area (Å²) in [6, 6.07) is 76.4. The summed E-state index contributed by atoms with van der Waals surface area (Å²) in [6.45, 7) is 22.6. The van der Waals surface area contributed by atoms with Crippen LogP contribution >= 0.6 is 0 Å². The van der Waals surface area contributed by atoms with Crippen LogP contribution in [0.25, 0.3) is 87.7 Å². The third-order valence-electron chi connectivity index (χ3n) is 16.7. The summed E-state index contributed by atoms with van der Waals surface area (Å²) in [5, 5.41) is 8.66. The zero-order valence-electron chi connectivity index (χ0n) is 47.7. The lowest BCUT2D eigenvalue weighted by Gasteiger charge is -2.29. The maximum Gasteiger partial charge on any atom is 0.144 e. The van der Waals surface area contributed by atoms with E-state index in [1.54, 1.807) is 0 Å². The minimum atomic E-state index is 0.392. The van der Waals surface area contributed by atoms with Gasteiger partial charge in [0.05, 0.1) is 0 Å². The number of hydrogen-bond donors (Lipinski definition) is 0. The molecule has 0 amide bonds.